The molecule has 2 heterocycles. The second-order valence-electron chi connectivity index (χ2n) is 5.26. The molecule has 1 aromatic rings. The number of carbonyl (C=O) groups is 1. The number of aliphatic hydroxyl groups excluding tert-OH is 1. The minimum atomic E-state index is -0.944. The SMILES string of the molecule is CCC(C)(OC)c1cc(N2C(=O)N(C)C(C)C2O)no1. The van der Waals surface area contributed by atoms with Crippen LogP contribution in [0.1, 0.15) is 33.0 Å². The molecule has 0 aliphatic carbocycles. The number of aromatic nitrogens is 1. The van der Waals surface area contributed by atoms with Gasteiger partial charge in [-0.25, -0.2) is 9.69 Å². The third kappa shape index (κ3) is 2.06. The Hall–Kier alpha value is -1.60. The van der Waals surface area contributed by atoms with Crippen molar-refractivity contribution in [1.29, 1.82) is 0 Å². The standard InChI is InChI=1S/C13H21N3O4/c1-6-13(3,19-5)9-7-10(14-20-9)16-11(17)8(2)15(4)12(16)18/h7-8,11,17H,6H2,1-5H3. The van der Waals surface area contributed by atoms with E-state index < -0.39 is 11.8 Å². The number of hydrogen-bond donors (Lipinski definition) is 1. The highest BCUT2D eigenvalue weighted by Gasteiger charge is 2.43. The van der Waals surface area contributed by atoms with Gasteiger partial charge in [-0.05, 0) is 20.3 Å². The molecule has 7 nitrogen and oxygen atoms in total. The van der Waals surface area contributed by atoms with Gasteiger partial charge in [0.25, 0.3) is 0 Å². The molecule has 1 aliphatic rings. The zero-order valence-corrected chi connectivity index (χ0v) is 12.5. The van der Waals surface area contributed by atoms with Crippen molar-refractivity contribution in [3.8, 4) is 0 Å². The first kappa shape index (κ1) is 14.8. The highest BCUT2D eigenvalue weighted by atomic mass is 16.5. The second-order valence-corrected chi connectivity index (χ2v) is 5.26. The van der Waals surface area contributed by atoms with Crippen molar-refractivity contribution in [2.24, 2.45) is 0 Å². The van der Waals surface area contributed by atoms with Crippen LogP contribution in [-0.4, -0.2) is 47.6 Å². The molecular weight excluding hydrogens is 262 g/mol. The molecule has 1 aliphatic heterocycles. The average molecular weight is 283 g/mol. The third-order valence-electron chi connectivity index (χ3n) is 4.21. The van der Waals surface area contributed by atoms with Crippen molar-refractivity contribution in [3.63, 3.8) is 0 Å². The number of aliphatic hydroxyl groups is 1. The van der Waals surface area contributed by atoms with Crippen LogP contribution in [0.15, 0.2) is 10.6 Å². The van der Waals surface area contributed by atoms with Crippen molar-refractivity contribution in [1.82, 2.24) is 10.1 Å². The fourth-order valence-electron chi connectivity index (χ4n) is 2.15. The maximum absolute atomic E-state index is 12.1. The largest absolute Gasteiger partial charge is 0.371 e. The number of carbonyl (C=O) groups excluding carboxylic acids is 1. The topological polar surface area (TPSA) is 79.0 Å². The molecule has 3 unspecified atom stereocenters. The van der Waals surface area contributed by atoms with Gasteiger partial charge in [-0.2, -0.15) is 0 Å². The molecule has 2 amide bonds. The number of nitrogens with zero attached hydrogens (tertiary/aromatic N) is 3. The first-order valence-corrected chi connectivity index (χ1v) is 6.62. The number of anilines is 1. The van der Waals surface area contributed by atoms with E-state index in [0.29, 0.717) is 18.0 Å². The fourth-order valence-corrected chi connectivity index (χ4v) is 2.15. The maximum atomic E-state index is 12.1. The van der Waals surface area contributed by atoms with Crippen LogP contribution in [0.2, 0.25) is 0 Å². The summed E-state index contributed by atoms with van der Waals surface area (Å²) in [5, 5.41) is 14.0. The Kier molecular flexibility index (Phi) is 3.75. The molecule has 1 aromatic heterocycles. The maximum Gasteiger partial charge on any atom is 0.328 e. The molecule has 3 atom stereocenters. The van der Waals surface area contributed by atoms with Crippen LogP contribution in [0.4, 0.5) is 10.6 Å². The van der Waals surface area contributed by atoms with Crippen LogP contribution in [0.3, 0.4) is 0 Å². The number of rotatable bonds is 4. The van der Waals surface area contributed by atoms with Crippen LogP contribution in [-0.2, 0) is 10.3 Å². The van der Waals surface area contributed by atoms with E-state index in [1.165, 1.54) is 9.80 Å². The predicted octanol–water partition coefficient (Wildman–Crippen LogP) is 1.52. The number of methoxy groups -OCH3 is 1. The fraction of sp³-hybridized carbons (Fsp3) is 0.692. The van der Waals surface area contributed by atoms with E-state index in [2.05, 4.69) is 5.16 Å². The van der Waals surface area contributed by atoms with Gasteiger partial charge in [0.2, 0.25) is 0 Å². The molecule has 0 radical (unpaired) electrons. The van der Waals surface area contributed by atoms with Crippen molar-refractivity contribution >= 4 is 11.8 Å². The Bertz CT molecular complexity index is 498. The molecule has 7 heteroatoms. The van der Waals surface area contributed by atoms with E-state index in [9.17, 15) is 9.90 Å². The third-order valence-corrected chi connectivity index (χ3v) is 4.21. The summed E-state index contributed by atoms with van der Waals surface area (Å²) in [6, 6.07) is 1.03. The number of ether oxygens (including phenoxy) is 1. The van der Waals surface area contributed by atoms with Crippen LogP contribution < -0.4 is 4.90 Å². The van der Waals surface area contributed by atoms with Crippen molar-refractivity contribution in [3.05, 3.63) is 11.8 Å². The number of urea groups is 1. The van der Waals surface area contributed by atoms with Crippen LogP contribution in [0.5, 0.6) is 0 Å². The quantitative estimate of drug-likeness (QED) is 0.906. The lowest BCUT2D eigenvalue weighted by Crippen LogP contribution is -2.35. The summed E-state index contributed by atoms with van der Waals surface area (Å²) < 4.78 is 10.7. The van der Waals surface area contributed by atoms with Crippen molar-refractivity contribution < 1.29 is 19.2 Å². The summed E-state index contributed by atoms with van der Waals surface area (Å²) in [6.45, 7) is 5.63. The van der Waals surface area contributed by atoms with Gasteiger partial charge in [-0.15, -0.1) is 0 Å². The molecule has 2 rings (SSSR count). The molecule has 1 N–H and O–H groups in total. The molecule has 1 fully saturated rings. The van der Waals surface area contributed by atoms with Gasteiger partial charge in [0, 0.05) is 20.2 Å². The zero-order chi connectivity index (χ0) is 15.1. The molecule has 1 saturated heterocycles. The lowest BCUT2D eigenvalue weighted by molar-refractivity contribution is -0.0230. The van der Waals surface area contributed by atoms with Gasteiger partial charge >= 0.3 is 6.03 Å². The zero-order valence-electron chi connectivity index (χ0n) is 12.5. The summed E-state index contributed by atoms with van der Waals surface area (Å²) in [4.78, 5) is 14.8. The average Bonchev–Trinajstić information content (AvgIpc) is 3.00. The Morgan fingerprint density at radius 2 is 2.25 bits per heavy atom. The van der Waals surface area contributed by atoms with E-state index in [1.54, 1.807) is 27.1 Å². The highest BCUT2D eigenvalue weighted by molar-refractivity contribution is 5.93. The summed E-state index contributed by atoms with van der Waals surface area (Å²) >= 11 is 0. The Morgan fingerprint density at radius 1 is 1.60 bits per heavy atom. The molecule has 0 bridgehead atoms. The van der Waals surface area contributed by atoms with E-state index in [4.69, 9.17) is 9.26 Å². The lowest BCUT2D eigenvalue weighted by atomic mass is 10.00. The Morgan fingerprint density at radius 3 is 2.70 bits per heavy atom. The van der Waals surface area contributed by atoms with Gasteiger partial charge in [-0.3, -0.25) is 0 Å². The van der Waals surface area contributed by atoms with E-state index in [-0.39, 0.29) is 12.1 Å². The number of amides is 2. The normalized spacial score (nSPS) is 26.2. The smallest absolute Gasteiger partial charge is 0.328 e. The first-order valence-electron chi connectivity index (χ1n) is 6.62. The molecule has 0 spiro atoms. The molecular formula is C13H21N3O4. The van der Waals surface area contributed by atoms with Gasteiger partial charge in [0.05, 0.1) is 6.04 Å². The highest BCUT2D eigenvalue weighted by Crippen LogP contribution is 2.33. The lowest BCUT2D eigenvalue weighted by Gasteiger charge is -2.22. The predicted molar refractivity (Wildman–Crippen MR) is 72.3 cm³/mol. The molecule has 0 saturated carbocycles. The van der Waals surface area contributed by atoms with E-state index in [1.807, 2.05) is 13.8 Å². The van der Waals surface area contributed by atoms with E-state index in [0.717, 1.165) is 0 Å². The summed E-state index contributed by atoms with van der Waals surface area (Å²) in [5.74, 6) is 0.824. The second kappa shape index (κ2) is 5.06. The first-order chi connectivity index (χ1) is 9.35. The van der Waals surface area contributed by atoms with Crippen LogP contribution in [0.25, 0.3) is 0 Å². The minimum absolute atomic E-state index is 0.297. The van der Waals surface area contributed by atoms with Gasteiger partial charge < -0.3 is 19.3 Å². The van der Waals surface area contributed by atoms with Crippen molar-refractivity contribution in [2.45, 2.75) is 45.1 Å². The van der Waals surface area contributed by atoms with Crippen LogP contribution >= 0.6 is 0 Å². The number of hydrogen-bond acceptors (Lipinski definition) is 5. The Balaban J connectivity index is 2.32. The number of likely N-dealkylation sites (N-methyl/N-ethyl adjacent to an activating group) is 1. The molecule has 20 heavy (non-hydrogen) atoms. The summed E-state index contributed by atoms with van der Waals surface area (Å²) in [7, 11) is 3.24. The van der Waals surface area contributed by atoms with Crippen molar-refractivity contribution in [2.75, 3.05) is 19.1 Å². The minimum Gasteiger partial charge on any atom is -0.371 e. The van der Waals surface area contributed by atoms with Gasteiger partial charge in [-0.1, -0.05) is 12.1 Å². The van der Waals surface area contributed by atoms with E-state index >= 15 is 0 Å². The van der Waals surface area contributed by atoms with Gasteiger partial charge in [0.15, 0.2) is 17.8 Å². The van der Waals surface area contributed by atoms with Gasteiger partial charge in [0.1, 0.15) is 5.60 Å². The molecule has 112 valence electrons. The summed E-state index contributed by atoms with van der Waals surface area (Å²) in [6.07, 6.45) is -0.244. The monoisotopic (exact) mass is 283 g/mol. The summed E-state index contributed by atoms with van der Waals surface area (Å²) in [5.41, 5.74) is -0.601. The van der Waals surface area contributed by atoms with Crippen LogP contribution in [0, 0.1) is 0 Å². The molecule has 0 aromatic carbocycles. The Labute approximate surface area is 118 Å².